The third-order valence-corrected chi connectivity index (χ3v) is 8.54. The fourth-order valence-corrected chi connectivity index (χ4v) is 6.23. The largest absolute Gasteiger partial charge is 0.481 e. The maximum Gasteiger partial charge on any atom is 0.306 e. The minimum absolute atomic E-state index is 0.0213. The molecule has 3 heterocycles. The van der Waals surface area contributed by atoms with E-state index in [-0.39, 0.29) is 54.8 Å². The summed E-state index contributed by atoms with van der Waals surface area (Å²) in [4.78, 5) is 30.8. The van der Waals surface area contributed by atoms with E-state index in [1.54, 1.807) is 12.1 Å². The maximum absolute atomic E-state index is 15.5. The number of nitrogens with zero attached hydrogens (tertiary/aromatic N) is 3. The molecule has 0 spiro atoms. The smallest absolute Gasteiger partial charge is 0.306 e. The molecule has 2 fully saturated rings. The molecule has 9 nitrogen and oxygen atoms in total. The molecular weight excluding hydrogens is 541 g/mol. The van der Waals surface area contributed by atoms with Gasteiger partial charge in [-0.3, -0.25) is 14.5 Å². The molecule has 4 aromatic rings. The van der Waals surface area contributed by atoms with E-state index >= 15 is 4.39 Å². The van der Waals surface area contributed by atoms with E-state index in [1.807, 2.05) is 42.1 Å². The summed E-state index contributed by atoms with van der Waals surface area (Å²) in [7, 11) is 1.94. The molecule has 2 aromatic carbocycles. The van der Waals surface area contributed by atoms with Gasteiger partial charge in [-0.2, -0.15) is 0 Å². The second-order valence-electron chi connectivity index (χ2n) is 11.5. The van der Waals surface area contributed by atoms with E-state index in [4.69, 9.17) is 13.9 Å². The highest BCUT2D eigenvalue weighted by atomic mass is 19.1. The normalized spacial score (nSPS) is 20.4. The van der Waals surface area contributed by atoms with Crippen LogP contribution in [0.1, 0.15) is 44.1 Å². The average Bonchev–Trinajstić information content (AvgIpc) is 3.74. The van der Waals surface area contributed by atoms with Gasteiger partial charge in [0.05, 0.1) is 24.2 Å². The number of carboxylic acid groups (broad SMARTS) is 1. The third kappa shape index (κ3) is 5.97. The van der Waals surface area contributed by atoms with Gasteiger partial charge in [-0.25, -0.2) is 9.37 Å². The summed E-state index contributed by atoms with van der Waals surface area (Å²) >= 11 is 0. The Kier molecular flexibility index (Phi) is 8.37. The van der Waals surface area contributed by atoms with Crippen molar-refractivity contribution in [3.05, 3.63) is 54.0 Å². The van der Waals surface area contributed by atoms with Crippen molar-refractivity contribution in [2.45, 2.75) is 57.3 Å². The number of Topliss-reactive ketones (excluding diaryl/α,β-unsaturated/α-hetero) is 1. The SMILES string of the molecule is Cn1cc(-c2nc3ccc(CC(=O)COCC(OC4CCC(C(=O)O)CC4)N4CCCC4)c(F)c3o2)c2ccccc21. The summed E-state index contributed by atoms with van der Waals surface area (Å²) in [5, 5.41) is 10.2. The Morgan fingerprint density at radius 3 is 2.64 bits per heavy atom. The molecule has 1 saturated heterocycles. The standard InChI is InChI=1S/C32H36FN3O6/c1-35-17-25(24-6-2-3-7-27(24)35)31-34-26-13-10-21(29(33)30(26)42-31)16-22(37)18-40-19-28(36-14-4-5-15-36)41-23-11-8-20(9-12-23)32(38)39/h2-3,6-7,10,13,17,20,23,28H,4-5,8-9,11-12,14-16,18-19H2,1H3,(H,38,39). The maximum atomic E-state index is 15.5. The van der Waals surface area contributed by atoms with Gasteiger partial charge < -0.3 is 23.6 Å². The Hall–Kier alpha value is -3.60. The zero-order chi connectivity index (χ0) is 29.2. The summed E-state index contributed by atoms with van der Waals surface area (Å²) in [6, 6.07) is 11.1. The number of fused-ring (bicyclic) bond motifs is 2. The van der Waals surface area contributed by atoms with Crippen molar-refractivity contribution < 1.29 is 33.0 Å². The average molecular weight is 578 g/mol. The van der Waals surface area contributed by atoms with Crippen molar-refractivity contribution in [2.75, 3.05) is 26.3 Å². The van der Waals surface area contributed by atoms with Gasteiger partial charge in [-0.15, -0.1) is 0 Å². The van der Waals surface area contributed by atoms with E-state index in [1.165, 1.54) is 0 Å². The lowest BCUT2D eigenvalue weighted by molar-refractivity contribution is -0.151. The number of para-hydroxylation sites is 1. The first-order chi connectivity index (χ1) is 20.4. The molecule has 2 aromatic heterocycles. The summed E-state index contributed by atoms with van der Waals surface area (Å²) in [6.07, 6.45) is 6.25. The fourth-order valence-electron chi connectivity index (χ4n) is 6.23. The topological polar surface area (TPSA) is 107 Å². The van der Waals surface area contributed by atoms with Crippen LogP contribution in [-0.4, -0.2) is 69.9 Å². The van der Waals surface area contributed by atoms with Crippen LogP contribution in [0.3, 0.4) is 0 Å². The predicted molar refractivity (Wildman–Crippen MR) is 154 cm³/mol. The molecule has 222 valence electrons. The number of aliphatic carboxylic acids is 1. The highest BCUT2D eigenvalue weighted by Crippen LogP contribution is 2.33. The molecule has 1 saturated carbocycles. The Bertz CT molecular complexity index is 1580. The summed E-state index contributed by atoms with van der Waals surface area (Å²) in [5.74, 6) is -1.54. The first-order valence-electron chi connectivity index (χ1n) is 14.7. The number of hydrogen-bond donors (Lipinski definition) is 1. The lowest BCUT2D eigenvalue weighted by Crippen LogP contribution is -2.42. The molecule has 10 heteroatoms. The van der Waals surface area contributed by atoms with Crippen molar-refractivity contribution in [3.63, 3.8) is 0 Å². The van der Waals surface area contributed by atoms with Crippen LogP contribution in [0.25, 0.3) is 33.5 Å². The number of halogens is 1. The molecule has 1 N–H and O–H groups in total. The molecule has 1 unspecified atom stereocenters. The molecule has 2 aliphatic rings. The van der Waals surface area contributed by atoms with Crippen molar-refractivity contribution in [1.29, 1.82) is 0 Å². The number of oxazole rings is 1. The molecular formula is C32H36FN3O6. The van der Waals surface area contributed by atoms with Crippen LogP contribution in [0.5, 0.6) is 0 Å². The number of ether oxygens (including phenoxy) is 2. The number of aryl methyl sites for hydroxylation is 1. The van der Waals surface area contributed by atoms with E-state index in [2.05, 4.69) is 9.88 Å². The number of hydrogen-bond acceptors (Lipinski definition) is 7. The fraction of sp³-hybridized carbons (Fsp3) is 0.469. The van der Waals surface area contributed by atoms with E-state index in [0.717, 1.165) is 42.4 Å². The van der Waals surface area contributed by atoms with Crippen molar-refractivity contribution in [1.82, 2.24) is 14.5 Å². The quantitative estimate of drug-likeness (QED) is 0.255. The highest BCUT2D eigenvalue weighted by Gasteiger charge is 2.31. The monoisotopic (exact) mass is 577 g/mol. The Morgan fingerprint density at radius 2 is 1.88 bits per heavy atom. The van der Waals surface area contributed by atoms with Crippen molar-refractivity contribution in [3.8, 4) is 11.5 Å². The number of carbonyl (C=O) groups is 2. The number of likely N-dealkylation sites (tertiary alicyclic amines) is 1. The molecule has 1 aliphatic carbocycles. The van der Waals surface area contributed by atoms with E-state index in [0.29, 0.717) is 37.1 Å². The van der Waals surface area contributed by atoms with Crippen LogP contribution in [0, 0.1) is 11.7 Å². The van der Waals surface area contributed by atoms with Crippen LogP contribution >= 0.6 is 0 Å². The molecule has 0 radical (unpaired) electrons. The molecule has 6 rings (SSSR count). The summed E-state index contributed by atoms with van der Waals surface area (Å²) in [5.41, 5.74) is 2.46. The third-order valence-electron chi connectivity index (χ3n) is 8.54. The number of ketones is 1. The number of benzene rings is 2. The van der Waals surface area contributed by atoms with Gasteiger partial charge in [0.25, 0.3) is 0 Å². The summed E-state index contributed by atoms with van der Waals surface area (Å²) < 4.78 is 35.5. The van der Waals surface area contributed by atoms with Crippen LogP contribution < -0.4 is 0 Å². The predicted octanol–water partition coefficient (Wildman–Crippen LogP) is 5.34. The molecule has 0 bridgehead atoms. The summed E-state index contributed by atoms with van der Waals surface area (Å²) in [6.45, 7) is 1.86. The van der Waals surface area contributed by atoms with Gasteiger partial charge in [0, 0.05) is 43.7 Å². The number of rotatable bonds is 11. The van der Waals surface area contributed by atoms with Gasteiger partial charge in [0.2, 0.25) is 5.89 Å². The minimum Gasteiger partial charge on any atom is -0.481 e. The van der Waals surface area contributed by atoms with Crippen LogP contribution in [0.4, 0.5) is 4.39 Å². The molecule has 1 atom stereocenters. The van der Waals surface area contributed by atoms with Crippen molar-refractivity contribution in [2.24, 2.45) is 13.0 Å². The Labute approximate surface area is 243 Å². The second-order valence-corrected chi connectivity index (χ2v) is 11.5. The Morgan fingerprint density at radius 1 is 1.12 bits per heavy atom. The lowest BCUT2D eigenvalue weighted by atomic mass is 9.87. The van der Waals surface area contributed by atoms with Gasteiger partial charge >= 0.3 is 5.97 Å². The lowest BCUT2D eigenvalue weighted by Gasteiger charge is -2.34. The van der Waals surface area contributed by atoms with Crippen LogP contribution in [0.15, 0.2) is 47.0 Å². The first-order valence-corrected chi connectivity index (χ1v) is 14.7. The number of carboxylic acids is 1. The first kappa shape index (κ1) is 28.5. The van der Waals surface area contributed by atoms with E-state index < -0.39 is 11.8 Å². The zero-order valence-corrected chi connectivity index (χ0v) is 23.8. The zero-order valence-electron chi connectivity index (χ0n) is 23.8. The second kappa shape index (κ2) is 12.3. The van der Waals surface area contributed by atoms with E-state index in [9.17, 15) is 14.7 Å². The van der Waals surface area contributed by atoms with Gasteiger partial charge in [-0.1, -0.05) is 24.3 Å². The molecule has 1 aliphatic heterocycles. The van der Waals surface area contributed by atoms with Gasteiger partial charge in [0.15, 0.2) is 17.2 Å². The molecule has 42 heavy (non-hydrogen) atoms. The van der Waals surface area contributed by atoms with Gasteiger partial charge in [0.1, 0.15) is 18.4 Å². The minimum atomic E-state index is -0.740. The van der Waals surface area contributed by atoms with Gasteiger partial charge in [-0.05, 0) is 56.2 Å². The number of carbonyl (C=O) groups excluding carboxylic acids is 1. The highest BCUT2D eigenvalue weighted by molar-refractivity contribution is 5.95. The Balaban J connectivity index is 1.08. The van der Waals surface area contributed by atoms with Crippen LogP contribution in [-0.2, 0) is 32.5 Å². The molecule has 0 amide bonds. The number of aromatic nitrogens is 2. The van der Waals surface area contributed by atoms with Crippen molar-refractivity contribution >= 4 is 33.8 Å². The van der Waals surface area contributed by atoms with Crippen LogP contribution in [0.2, 0.25) is 0 Å².